The van der Waals surface area contributed by atoms with E-state index in [4.69, 9.17) is 11.6 Å². The maximum Gasteiger partial charge on any atom is 0.244 e. The van der Waals surface area contributed by atoms with Gasteiger partial charge >= 0.3 is 0 Å². The first kappa shape index (κ1) is 17.7. The molecule has 0 spiro atoms. The number of halogens is 3. The Morgan fingerprint density at radius 2 is 1.62 bits per heavy atom. The summed E-state index contributed by atoms with van der Waals surface area (Å²) in [5.74, 6) is -0.287. The summed E-state index contributed by atoms with van der Waals surface area (Å²) in [4.78, 5) is 2.15. The number of hydrogen-bond acceptors (Lipinski definition) is 3. The zero-order chi connectivity index (χ0) is 17.3. The minimum absolute atomic E-state index is 0.114. The zero-order valence-electron chi connectivity index (χ0n) is 12.6. The molecule has 0 saturated carbocycles. The number of piperazine rings is 1. The molecular weight excluding hydrogens is 419 g/mol. The predicted molar refractivity (Wildman–Crippen MR) is 96.5 cm³/mol. The van der Waals surface area contributed by atoms with E-state index in [0.717, 1.165) is 10.2 Å². The highest BCUT2D eigenvalue weighted by Crippen LogP contribution is 2.28. The summed E-state index contributed by atoms with van der Waals surface area (Å²) in [5, 5.41) is 0.199. The van der Waals surface area contributed by atoms with Crippen LogP contribution in [0.1, 0.15) is 0 Å². The van der Waals surface area contributed by atoms with Crippen LogP contribution in [0.15, 0.2) is 51.8 Å². The molecule has 0 amide bonds. The quantitative estimate of drug-likeness (QED) is 0.740. The van der Waals surface area contributed by atoms with Crippen LogP contribution < -0.4 is 4.90 Å². The monoisotopic (exact) mass is 432 g/mol. The van der Waals surface area contributed by atoms with Crippen molar-refractivity contribution in [2.75, 3.05) is 31.1 Å². The first-order chi connectivity index (χ1) is 11.4. The molecule has 3 rings (SSSR count). The maximum atomic E-state index is 13.0. The van der Waals surface area contributed by atoms with Crippen LogP contribution in [-0.4, -0.2) is 38.9 Å². The Labute approximate surface area is 154 Å². The maximum absolute atomic E-state index is 13.0. The second-order valence-corrected chi connectivity index (χ2v) is 8.67. The van der Waals surface area contributed by atoms with Crippen molar-refractivity contribution in [3.63, 3.8) is 0 Å². The molecule has 0 radical (unpaired) electrons. The van der Waals surface area contributed by atoms with Crippen LogP contribution in [0.25, 0.3) is 0 Å². The molecule has 0 N–H and O–H groups in total. The first-order valence-electron chi connectivity index (χ1n) is 7.33. The molecular formula is C16H15BrClFN2O2S. The number of nitrogens with zero attached hydrogens (tertiary/aromatic N) is 2. The van der Waals surface area contributed by atoms with E-state index in [1.165, 1.54) is 22.5 Å². The molecule has 8 heteroatoms. The minimum Gasteiger partial charge on any atom is -0.369 e. The topological polar surface area (TPSA) is 40.6 Å². The van der Waals surface area contributed by atoms with E-state index in [0.29, 0.717) is 26.2 Å². The van der Waals surface area contributed by atoms with Crippen LogP contribution in [0.4, 0.5) is 10.1 Å². The summed E-state index contributed by atoms with van der Waals surface area (Å²) in [6, 6.07) is 10.9. The van der Waals surface area contributed by atoms with Crippen molar-refractivity contribution >= 4 is 43.2 Å². The van der Waals surface area contributed by atoms with Crippen molar-refractivity contribution in [3.05, 3.63) is 57.8 Å². The van der Waals surface area contributed by atoms with Crippen molar-refractivity contribution < 1.29 is 12.8 Å². The van der Waals surface area contributed by atoms with E-state index in [1.807, 2.05) is 4.90 Å². The fourth-order valence-corrected chi connectivity index (χ4v) is 5.10. The number of sulfonamides is 1. The standard InChI is InChI=1S/C16H15BrClFN2O2S/c17-12-1-6-16(15(18)11-12)24(22,23)21-9-7-20(8-10-21)14-4-2-13(19)3-5-14/h1-6,11H,7-10H2. The van der Waals surface area contributed by atoms with E-state index >= 15 is 0 Å². The highest BCUT2D eigenvalue weighted by molar-refractivity contribution is 9.10. The minimum atomic E-state index is -3.63. The molecule has 1 fully saturated rings. The first-order valence-corrected chi connectivity index (χ1v) is 9.95. The third-order valence-corrected chi connectivity index (χ3v) is 6.82. The van der Waals surface area contributed by atoms with Gasteiger partial charge in [-0.2, -0.15) is 4.31 Å². The van der Waals surface area contributed by atoms with Gasteiger partial charge in [0.2, 0.25) is 10.0 Å². The second kappa shape index (κ2) is 7.00. The Bertz CT molecular complexity index is 838. The van der Waals surface area contributed by atoms with Crippen LogP contribution >= 0.6 is 27.5 Å². The van der Waals surface area contributed by atoms with E-state index in [9.17, 15) is 12.8 Å². The largest absolute Gasteiger partial charge is 0.369 e. The predicted octanol–water partition coefficient (Wildman–Crippen LogP) is 3.75. The Morgan fingerprint density at radius 1 is 1.00 bits per heavy atom. The van der Waals surface area contributed by atoms with Gasteiger partial charge in [0.25, 0.3) is 0 Å². The molecule has 0 unspecified atom stereocenters. The van der Waals surface area contributed by atoms with E-state index in [1.54, 1.807) is 24.3 Å². The average molecular weight is 434 g/mol. The molecule has 1 aliphatic rings. The van der Waals surface area contributed by atoms with Gasteiger partial charge in [-0.1, -0.05) is 27.5 Å². The van der Waals surface area contributed by atoms with Crippen LogP contribution in [0, 0.1) is 5.82 Å². The lowest BCUT2D eigenvalue weighted by Crippen LogP contribution is -2.48. The molecule has 24 heavy (non-hydrogen) atoms. The highest BCUT2D eigenvalue weighted by Gasteiger charge is 2.30. The number of hydrogen-bond donors (Lipinski definition) is 0. The van der Waals surface area contributed by atoms with Gasteiger partial charge in [0.05, 0.1) is 5.02 Å². The van der Waals surface area contributed by atoms with Gasteiger partial charge in [0, 0.05) is 36.3 Å². The molecule has 2 aromatic rings. The lowest BCUT2D eigenvalue weighted by atomic mass is 10.2. The van der Waals surface area contributed by atoms with Gasteiger partial charge in [-0.3, -0.25) is 0 Å². The Morgan fingerprint density at radius 3 is 2.21 bits per heavy atom. The highest BCUT2D eigenvalue weighted by atomic mass is 79.9. The summed E-state index contributed by atoms with van der Waals surface area (Å²) in [5.41, 5.74) is 0.884. The van der Waals surface area contributed by atoms with Crippen molar-refractivity contribution in [2.45, 2.75) is 4.90 Å². The van der Waals surface area contributed by atoms with Crippen LogP contribution in [0.5, 0.6) is 0 Å². The molecule has 0 aliphatic carbocycles. The SMILES string of the molecule is O=S(=O)(c1ccc(Br)cc1Cl)N1CCN(c2ccc(F)cc2)CC1. The van der Waals surface area contributed by atoms with Gasteiger partial charge in [0.1, 0.15) is 10.7 Å². The summed E-state index contributed by atoms with van der Waals surface area (Å²) in [7, 11) is -3.63. The normalized spacial score (nSPS) is 16.4. The van der Waals surface area contributed by atoms with Gasteiger partial charge in [-0.25, -0.2) is 12.8 Å². The lowest BCUT2D eigenvalue weighted by Gasteiger charge is -2.35. The third kappa shape index (κ3) is 3.59. The molecule has 1 aliphatic heterocycles. The summed E-state index contributed by atoms with van der Waals surface area (Å²) in [6.45, 7) is 1.79. The zero-order valence-corrected chi connectivity index (χ0v) is 15.8. The molecule has 0 aromatic heterocycles. The van der Waals surface area contributed by atoms with E-state index in [-0.39, 0.29) is 15.7 Å². The molecule has 1 heterocycles. The van der Waals surface area contributed by atoms with Gasteiger partial charge in [0.15, 0.2) is 0 Å². The van der Waals surface area contributed by atoms with Gasteiger partial charge < -0.3 is 4.90 Å². The molecule has 0 bridgehead atoms. The molecule has 4 nitrogen and oxygen atoms in total. The number of anilines is 1. The van der Waals surface area contributed by atoms with E-state index in [2.05, 4.69) is 15.9 Å². The fourth-order valence-electron chi connectivity index (χ4n) is 2.66. The van der Waals surface area contributed by atoms with Crippen molar-refractivity contribution in [3.8, 4) is 0 Å². The summed E-state index contributed by atoms with van der Waals surface area (Å²) < 4.78 is 40.7. The summed E-state index contributed by atoms with van der Waals surface area (Å²) in [6.07, 6.45) is 0. The number of rotatable bonds is 3. The van der Waals surface area contributed by atoms with E-state index < -0.39 is 10.0 Å². The van der Waals surface area contributed by atoms with Crippen molar-refractivity contribution in [2.24, 2.45) is 0 Å². The Hall–Kier alpha value is -1.15. The fraction of sp³-hybridized carbons (Fsp3) is 0.250. The van der Waals surface area contributed by atoms with Gasteiger partial charge in [-0.15, -0.1) is 0 Å². The molecule has 128 valence electrons. The van der Waals surface area contributed by atoms with Crippen LogP contribution in [0.3, 0.4) is 0 Å². The van der Waals surface area contributed by atoms with Crippen LogP contribution in [0.2, 0.25) is 5.02 Å². The van der Waals surface area contributed by atoms with Crippen molar-refractivity contribution in [1.29, 1.82) is 0 Å². The Balaban J connectivity index is 1.75. The third-order valence-electron chi connectivity index (χ3n) is 3.94. The Kier molecular flexibility index (Phi) is 5.15. The molecule has 1 saturated heterocycles. The lowest BCUT2D eigenvalue weighted by molar-refractivity contribution is 0.385. The average Bonchev–Trinajstić information content (AvgIpc) is 2.55. The molecule has 0 atom stereocenters. The smallest absolute Gasteiger partial charge is 0.244 e. The van der Waals surface area contributed by atoms with Gasteiger partial charge in [-0.05, 0) is 42.5 Å². The van der Waals surface area contributed by atoms with Crippen LogP contribution in [-0.2, 0) is 10.0 Å². The second-order valence-electron chi connectivity index (χ2n) is 5.44. The van der Waals surface area contributed by atoms with Crippen molar-refractivity contribution in [1.82, 2.24) is 4.31 Å². The summed E-state index contributed by atoms with van der Waals surface area (Å²) >= 11 is 9.36. The molecule has 2 aromatic carbocycles. The number of benzene rings is 2.